The number of nitrogens with zero attached hydrogens (tertiary/aromatic N) is 3. The number of aliphatic hydroxyl groups is 1. The van der Waals surface area contributed by atoms with Crippen LogP contribution in [0, 0.1) is 5.41 Å². The monoisotopic (exact) mass is 433 g/mol. The van der Waals surface area contributed by atoms with Gasteiger partial charge in [-0.2, -0.15) is 0 Å². The Bertz CT molecular complexity index is 723. The fourth-order valence-corrected chi connectivity index (χ4v) is 4.26. The number of ether oxygens (including phenoxy) is 2. The molecule has 3 heterocycles. The van der Waals surface area contributed by atoms with E-state index in [2.05, 4.69) is 32.8 Å². The van der Waals surface area contributed by atoms with Gasteiger partial charge in [0.15, 0.2) is 5.82 Å². The molecule has 1 aromatic rings. The predicted molar refractivity (Wildman–Crippen MR) is 113 cm³/mol. The number of amides is 1. The van der Waals surface area contributed by atoms with Gasteiger partial charge >= 0.3 is 6.09 Å². The van der Waals surface area contributed by atoms with Gasteiger partial charge in [-0.1, -0.05) is 0 Å². The molecule has 0 aliphatic carbocycles. The molecular formula is C19H30N4NaO4S. The van der Waals surface area contributed by atoms with Crippen molar-refractivity contribution in [1.29, 1.82) is 0 Å². The molecule has 2 aliphatic rings. The van der Waals surface area contributed by atoms with Crippen LogP contribution in [0.1, 0.15) is 46.2 Å². The summed E-state index contributed by atoms with van der Waals surface area (Å²) in [6.45, 7) is 9.47. The topological polar surface area (TPSA) is 96.8 Å². The maximum absolute atomic E-state index is 12.3. The van der Waals surface area contributed by atoms with Gasteiger partial charge in [-0.3, -0.25) is 0 Å². The molecule has 1 spiro atoms. The number of aliphatic hydroxyl groups excluding tert-OH is 1. The fourth-order valence-electron chi connectivity index (χ4n) is 4.09. The summed E-state index contributed by atoms with van der Waals surface area (Å²) in [7, 11) is 0. The number of thiol groups is 1. The summed E-state index contributed by atoms with van der Waals surface area (Å²) >= 11 is 4.20. The molecule has 0 saturated carbocycles. The second-order valence-corrected chi connectivity index (χ2v) is 9.10. The summed E-state index contributed by atoms with van der Waals surface area (Å²) in [6, 6.07) is -0.104. The molecule has 1 radical (unpaired) electrons. The Morgan fingerprint density at radius 2 is 2.10 bits per heavy atom. The zero-order chi connectivity index (χ0) is 20.5. The summed E-state index contributed by atoms with van der Waals surface area (Å²) in [5.74, 6) is 0.693. The maximum Gasteiger partial charge on any atom is 0.407 e. The van der Waals surface area contributed by atoms with Crippen LogP contribution in [0.15, 0.2) is 11.2 Å². The third-order valence-electron chi connectivity index (χ3n) is 5.45. The molecule has 3 rings (SSSR count). The van der Waals surface area contributed by atoms with Gasteiger partial charge in [0.1, 0.15) is 16.3 Å². The molecule has 2 saturated heterocycles. The van der Waals surface area contributed by atoms with Crippen molar-refractivity contribution in [2.75, 3.05) is 24.6 Å². The summed E-state index contributed by atoms with van der Waals surface area (Å²) in [4.78, 5) is 23.1. The molecule has 8 nitrogen and oxygen atoms in total. The van der Waals surface area contributed by atoms with E-state index in [-0.39, 0.29) is 53.7 Å². The van der Waals surface area contributed by atoms with Crippen LogP contribution in [0.2, 0.25) is 0 Å². The Hall–Kier alpha value is -0.580. The van der Waals surface area contributed by atoms with Gasteiger partial charge in [0.2, 0.25) is 0 Å². The first kappa shape index (κ1) is 24.7. The minimum absolute atomic E-state index is 0. The molecule has 157 valence electrons. The summed E-state index contributed by atoms with van der Waals surface area (Å²) in [6.07, 6.45) is 2.79. The number of alkyl carbamates (subject to hydrolysis) is 1. The van der Waals surface area contributed by atoms with Crippen molar-refractivity contribution in [1.82, 2.24) is 15.3 Å². The van der Waals surface area contributed by atoms with E-state index in [0.717, 1.165) is 25.9 Å². The number of hydrogen-bond acceptors (Lipinski definition) is 8. The van der Waals surface area contributed by atoms with E-state index in [0.29, 0.717) is 23.1 Å². The SMILES string of the molecule is C[C@@H]1OCC2(CCN(c3ncc(S)nc3CO)CC2)[C@@H]1NC(=O)OC(C)(C)C.[Na]. The molecule has 2 fully saturated rings. The van der Waals surface area contributed by atoms with Crippen LogP contribution in [0.5, 0.6) is 0 Å². The van der Waals surface area contributed by atoms with Crippen molar-refractivity contribution >= 4 is 54.1 Å². The van der Waals surface area contributed by atoms with E-state index < -0.39 is 11.7 Å². The van der Waals surface area contributed by atoms with Crippen LogP contribution in [-0.4, -0.2) is 88.2 Å². The van der Waals surface area contributed by atoms with E-state index in [1.807, 2.05) is 27.7 Å². The average Bonchev–Trinajstić information content (AvgIpc) is 2.90. The predicted octanol–water partition coefficient (Wildman–Crippen LogP) is 1.78. The average molecular weight is 434 g/mol. The number of hydrogen-bond donors (Lipinski definition) is 3. The third-order valence-corrected chi connectivity index (χ3v) is 5.67. The molecule has 0 aromatic carbocycles. The number of rotatable bonds is 3. The molecule has 29 heavy (non-hydrogen) atoms. The van der Waals surface area contributed by atoms with Crippen molar-refractivity contribution in [2.45, 2.75) is 69.9 Å². The largest absolute Gasteiger partial charge is 0.444 e. The summed E-state index contributed by atoms with van der Waals surface area (Å²) in [5, 5.41) is 13.1. The van der Waals surface area contributed by atoms with Gasteiger partial charge in [0.25, 0.3) is 0 Å². The number of aromatic nitrogens is 2. The van der Waals surface area contributed by atoms with Gasteiger partial charge in [0.05, 0.1) is 31.6 Å². The minimum atomic E-state index is -0.540. The van der Waals surface area contributed by atoms with Gasteiger partial charge in [-0.25, -0.2) is 14.8 Å². The molecule has 1 aromatic heterocycles. The molecular weight excluding hydrogens is 403 g/mol. The third kappa shape index (κ3) is 5.77. The van der Waals surface area contributed by atoms with Gasteiger partial charge in [-0.05, 0) is 40.5 Å². The van der Waals surface area contributed by atoms with Crippen molar-refractivity contribution in [2.24, 2.45) is 5.41 Å². The van der Waals surface area contributed by atoms with E-state index in [1.54, 1.807) is 6.20 Å². The van der Waals surface area contributed by atoms with E-state index in [1.165, 1.54) is 0 Å². The Morgan fingerprint density at radius 1 is 1.45 bits per heavy atom. The number of carbonyl (C=O) groups excluding carboxylic acids is 1. The zero-order valence-corrected chi connectivity index (χ0v) is 20.8. The summed E-state index contributed by atoms with van der Waals surface area (Å²) < 4.78 is 11.4. The molecule has 2 N–H and O–H groups in total. The first-order valence-corrected chi connectivity index (χ1v) is 10.1. The standard InChI is InChI=1S/C19H30N4O4S.Na/c1-12-15(22-17(25)27-18(2,3)4)19(11-26-12)5-7-23(8-6-19)16-13(10-24)21-14(28)9-20-16;/h9,12,15,24H,5-8,10-11H2,1-4H3,(H,21,28)(H,22,25);/t12-,15+;/m0./s1. The Morgan fingerprint density at radius 3 is 2.69 bits per heavy atom. The second-order valence-electron chi connectivity index (χ2n) is 8.65. The smallest absolute Gasteiger partial charge is 0.407 e. The number of piperidine rings is 1. The number of carbonyl (C=O) groups is 1. The van der Waals surface area contributed by atoms with Crippen LogP contribution in [0.3, 0.4) is 0 Å². The molecule has 10 heteroatoms. The number of anilines is 1. The molecule has 0 bridgehead atoms. The molecule has 2 aliphatic heterocycles. The molecule has 0 unspecified atom stereocenters. The summed E-state index contributed by atoms with van der Waals surface area (Å²) in [5.41, 5.74) is -0.145. The first-order chi connectivity index (χ1) is 13.1. The second kappa shape index (κ2) is 9.70. The van der Waals surface area contributed by atoms with E-state index >= 15 is 0 Å². The van der Waals surface area contributed by atoms with E-state index in [4.69, 9.17) is 9.47 Å². The maximum atomic E-state index is 12.3. The van der Waals surface area contributed by atoms with Crippen LogP contribution >= 0.6 is 12.6 Å². The van der Waals surface area contributed by atoms with Crippen molar-refractivity contribution in [3.63, 3.8) is 0 Å². The van der Waals surface area contributed by atoms with Gasteiger partial charge in [-0.15, -0.1) is 12.6 Å². The van der Waals surface area contributed by atoms with Crippen LogP contribution in [0.25, 0.3) is 0 Å². The normalized spacial score (nSPS) is 23.6. The minimum Gasteiger partial charge on any atom is -0.444 e. The van der Waals surface area contributed by atoms with Crippen LogP contribution < -0.4 is 10.2 Å². The Labute approximate surface area is 199 Å². The van der Waals surface area contributed by atoms with Crippen LogP contribution in [0.4, 0.5) is 10.6 Å². The first-order valence-electron chi connectivity index (χ1n) is 9.65. The number of nitrogens with one attached hydrogen (secondary N) is 1. The van der Waals surface area contributed by atoms with Crippen molar-refractivity contribution in [3.8, 4) is 0 Å². The zero-order valence-electron chi connectivity index (χ0n) is 17.9. The van der Waals surface area contributed by atoms with Gasteiger partial charge in [0, 0.05) is 48.1 Å². The molecule has 2 atom stereocenters. The van der Waals surface area contributed by atoms with Crippen molar-refractivity contribution < 1.29 is 19.4 Å². The quantitative estimate of drug-likeness (QED) is 0.494. The van der Waals surface area contributed by atoms with Crippen molar-refractivity contribution in [3.05, 3.63) is 11.9 Å². The van der Waals surface area contributed by atoms with E-state index in [9.17, 15) is 9.90 Å². The Kier molecular flexibility index (Phi) is 8.26. The van der Waals surface area contributed by atoms with Crippen LogP contribution in [-0.2, 0) is 16.1 Å². The Balaban J connectivity index is 0.00000300. The molecule has 1 amide bonds. The fraction of sp³-hybridized carbons (Fsp3) is 0.737. The van der Waals surface area contributed by atoms with Gasteiger partial charge < -0.3 is 24.8 Å².